The minimum atomic E-state index is 0.460. The molecule has 0 unspecified atom stereocenters. The molecule has 1 heterocycles. The zero-order chi connectivity index (χ0) is 13.2. The molecule has 19 heavy (non-hydrogen) atoms. The number of halogens is 2. The molecule has 1 saturated carbocycles. The van der Waals surface area contributed by atoms with Gasteiger partial charge in [0.2, 0.25) is 0 Å². The monoisotopic (exact) mass is 297 g/mol. The average molecular weight is 298 g/mol. The first-order chi connectivity index (χ1) is 9.24. The van der Waals surface area contributed by atoms with E-state index in [0.717, 1.165) is 25.5 Å². The minimum absolute atomic E-state index is 0.460. The van der Waals surface area contributed by atoms with Crippen LogP contribution < -0.4 is 10.6 Å². The summed E-state index contributed by atoms with van der Waals surface area (Å²) in [5, 5.41) is 8.07. The summed E-state index contributed by atoms with van der Waals surface area (Å²) >= 11 is 12.0. The molecule has 102 valence electrons. The molecule has 1 aromatic carbocycles. The van der Waals surface area contributed by atoms with Crippen LogP contribution in [0.5, 0.6) is 0 Å². The molecule has 0 amide bonds. The van der Waals surface area contributed by atoms with Gasteiger partial charge in [-0.2, -0.15) is 0 Å². The zero-order valence-corrected chi connectivity index (χ0v) is 12.1. The predicted molar refractivity (Wildman–Crippen MR) is 80.3 cm³/mol. The van der Waals surface area contributed by atoms with E-state index in [1.807, 2.05) is 12.1 Å². The molecule has 5 heteroatoms. The molecule has 2 aliphatic rings. The van der Waals surface area contributed by atoms with Crippen molar-refractivity contribution in [3.8, 4) is 0 Å². The Labute approximate surface area is 123 Å². The Morgan fingerprint density at radius 2 is 2.11 bits per heavy atom. The Balaban J connectivity index is 1.61. The number of nitrogens with one attached hydrogen (secondary N) is 2. The topological polar surface area (TPSA) is 36.4 Å². The summed E-state index contributed by atoms with van der Waals surface area (Å²) in [6, 6.07) is 6.36. The standard InChI is InChI=1S/C14H17Cl2N3/c15-11-4-3-9(7-12(11)16)10-8-13(10)19-14-17-5-1-2-6-18-14/h3-4,7,10,13H,1-2,5-6,8H2,(H2,17,18,19)/t10-,13+/m0/s1. The van der Waals surface area contributed by atoms with Gasteiger partial charge in [0.05, 0.1) is 10.0 Å². The Morgan fingerprint density at radius 1 is 1.21 bits per heavy atom. The summed E-state index contributed by atoms with van der Waals surface area (Å²) < 4.78 is 0. The van der Waals surface area contributed by atoms with Crippen LogP contribution in [0.15, 0.2) is 23.2 Å². The van der Waals surface area contributed by atoms with Crippen molar-refractivity contribution in [2.75, 3.05) is 13.1 Å². The van der Waals surface area contributed by atoms with E-state index in [2.05, 4.69) is 21.7 Å². The van der Waals surface area contributed by atoms with Crippen molar-refractivity contribution in [2.24, 2.45) is 4.99 Å². The highest BCUT2D eigenvalue weighted by atomic mass is 35.5. The molecule has 2 N–H and O–H groups in total. The summed E-state index contributed by atoms with van der Waals surface area (Å²) in [7, 11) is 0. The van der Waals surface area contributed by atoms with E-state index in [4.69, 9.17) is 23.2 Å². The van der Waals surface area contributed by atoms with Crippen LogP contribution in [0.3, 0.4) is 0 Å². The fourth-order valence-electron chi connectivity index (χ4n) is 2.43. The Bertz CT molecular complexity index is 501. The SMILES string of the molecule is Clc1ccc([C@@H]2C[C@H]2NC2=NCCCCN2)cc1Cl. The van der Waals surface area contributed by atoms with Gasteiger partial charge in [0.25, 0.3) is 0 Å². The van der Waals surface area contributed by atoms with Gasteiger partial charge in [-0.1, -0.05) is 29.3 Å². The minimum Gasteiger partial charge on any atom is -0.356 e. The van der Waals surface area contributed by atoms with E-state index in [-0.39, 0.29) is 0 Å². The lowest BCUT2D eigenvalue weighted by molar-refractivity contribution is 0.740. The molecule has 2 atom stereocenters. The largest absolute Gasteiger partial charge is 0.356 e. The van der Waals surface area contributed by atoms with Gasteiger partial charge >= 0.3 is 0 Å². The third-order valence-electron chi connectivity index (χ3n) is 3.63. The maximum absolute atomic E-state index is 6.06. The molecule has 3 nitrogen and oxygen atoms in total. The van der Waals surface area contributed by atoms with Crippen LogP contribution in [0, 0.1) is 0 Å². The molecule has 1 aromatic rings. The smallest absolute Gasteiger partial charge is 0.191 e. The number of hydrogen-bond donors (Lipinski definition) is 2. The van der Waals surface area contributed by atoms with Crippen molar-refractivity contribution in [1.82, 2.24) is 10.6 Å². The second-order valence-corrected chi connectivity index (χ2v) is 5.95. The number of hydrogen-bond acceptors (Lipinski definition) is 3. The molecule has 0 aromatic heterocycles. The van der Waals surface area contributed by atoms with Crippen molar-refractivity contribution in [1.29, 1.82) is 0 Å². The van der Waals surface area contributed by atoms with Crippen LogP contribution in [-0.4, -0.2) is 25.1 Å². The van der Waals surface area contributed by atoms with Gasteiger partial charge in [0.1, 0.15) is 0 Å². The maximum atomic E-state index is 6.06. The summed E-state index contributed by atoms with van der Waals surface area (Å²) in [4.78, 5) is 4.51. The number of nitrogens with zero attached hydrogens (tertiary/aromatic N) is 1. The molecule has 3 rings (SSSR count). The number of benzene rings is 1. The van der Waals surface area contributed by atoms with Gasteiger partial charge in [0.15, 0.2) is 5.96 Å². The van der Waals surface area contributed by atoms with E-state index in [1.165, 1.54) is 18.4 Å². The van der Waals surface area contributed by atoms with Crippen LogP contribution >= 0.6 is 23.2 Å². The normalized spacial score (nSPS) is 26.1. The van der Waals surface area contributed by atoms with Crippen molar-refractivity contribution in [2.45, 2.75) is 31.2 Å². The van der Waals surface area contributed by atoms with Gasteiger partial charge in [-0.15, -0.1) is 0 Å². The van der Waals surface area contributed by atoms with Crippen LogP contribution in [0.4, 0.5) is 0 Å². The first-order valence-electron chi connectivity index (χ1n) is 6.74. The van der Waals surface area contributed by atoms with Crippen LogP contribution in [0.2, 0.25) is 10.0 Å². The molecule has 0 radical (unpaired) electrons. The van der Waals surface area contributed by atoms with E-state index >= 15 is 0 Å². The highest BCUT2D eigenvalue weighted by Crippen LogP contribution is 2.42. The first-order valence-corrected chi connectivity index (χ1v) is 7.49. The summed E-state index contributed by atoms with van der Waals surface area (Å²) in [6.07, 6.45) is 3.48. The van der Waals surface area contributed by atoms with E-state index in [9.17, 15) is 0 Å². The van der Waals surface area contributed by atoms with E-state index < -0.39 is 0 Å². The van der Waals surface area contributed by atoms with Crippen molar-refractivity contribution < 1.29 is 0 Å². The van der Waals surface area contributed by atoms with Crippen LogP contribution in [0.1, 0.15) is 30.7 Å². The highest BCUT2D eigenvalue weighted by molar-refractivity contribution is 6.42. The fourth-order valence-corrected chi connectivity index (χ4v) is 2.74. The fraction of sp³-hybridized carbons (Fsp3) is 0.500. The Morgan fingerprint density at radius 3 is 2.95 bits per heavy atom. The lowest BCUT2D eigenvalue weighted by atomic mass is 10.1. The first kappa shape index (κ1) is 13.1. The third kappa shape index (κ3) is 3.15. The summed E-state index contributed by atoms with van der Waals surface area (Å²) in [5.41, 5.74) is 1.25. The van der Waals surface area contributed by atoms with Gasteiger partial charge in [-0.05, 0) is 37.0 Å². The Kier molecular flexibility index (Phi) is 3.85. The predicted octanol–water partition coefficient (Wildman–Crippen LogP) is 3.18. The maximum Gasteiger partial charge on any atom is 0.191 e. The second-order valence-electron chi connectivity index (χ2n) is 5.13. The molecule has 0 spiro atoms. The van der Waals surface area contributed by atoms with E-state index in [1.54, 1.807) is 0 Å². The molecule has 1 aliphatic heterocycles. The average Bonchev–Trinajstić information content (AvgIpc) is 3.18. The van der Waals surface area contributed by atoms with Gasteiger partial charge < -0.3 is 10.6 Å². The van der Waals surface area contributed by atoms with Crippen LogP contribution in [-0.2, 0) is 0 Å². The Hall–Kier alpha value is -0.930. The van der Waals surface area contributed by atoms with Crippen molar-refractivity contribution in [3.05, 3.63) is 33.8 Å². The number of rotatable bonds is 2. The molecule has 0 saturated heterocycles. The molecule has 1 aliphatic carbocycles. The third-order valence-corrected chi connectivity index (χ3v) is 4.37. The number of aliphatic imine (C=N–C) groups is 1. The van der Waals surface area contributed by atoms with Gasteiger partial charge in [-0.25, -0.2) is 0 Å². The molecular weight excluding hydrogens is 281 g/mol. The van der Waals surface area contributed by atoms with Gasteiger partial charge in [0, 0.05) is 25.0 Å². The van der Waals surface area contributed by atoms with Crippen molar-refractivity contribution >= 4 is 29.2 Å². The lowest BCUT2D eigenvalue weighted by Gasteiger charge is -2.10. The number of guanidine groups is 1. The molecule has 1 fully saturated rings. The highest BCUT2D eigenvalue weighted by Gasteiger charge is 2.39. The quantitative estimate of drug-likeness (QED) is 0.880. The second kappa shape index (κ2) is 5.59. The molecular formula is C14H17Cl2N3. The van der Waals surface area contributed by atoms with Crippen LogP contribution in [0.25, 0.3) is 0 Å². The van der Waals surface area contributed by atoms with Gasteiger partial charge in [-0.3, -0.25) is 4.99 Å². The molecule has 0 bridgehead atoms. The summed E-state index contributed by atoms with van der Waals surface area (Å²) in [6.45, 7) is 1.93. The zero-order valence-electron chi connectivity index (χ0n) is 10.6. The van der Waals surface area contributed by atoms with E-state index in [0.29, 0.717) is 22.0 Å². The van der Waals surface area contributed by atoms with Crippen molar-refractivity contribution in [3.63, 3.8) is 0 Å². The summed E-state index contributed by atoms with van der Waals surface area (Å²) in [5.74, 6) is 1.47. The lowest BCUT2D eigenvalue weighted by Crippen LogP contribution is -2.38.